The van der Waals surface area contributed by atoms with E-state index in [4.69, 9.17) is 15.0 Å². The molecule has 2 aromatic heterocycles. The summed E-state index contributed by atoms with van der Waals surface area (Å²) in [6.07, 6.45) is 0. The second-order valence-corrected chi connectivity index (χ2v) is 11.7. The molecule has 0 saturated heterocycles. The minimum Gasteiger partial charge on any atom is -0.309 e. The van der Waals surface area contributed by atoms with Gasteiger partial charge in [0, 0.05) is 38.6 Å². The lowest BCUT2D eigenvalue weighted by molar-refractivity contribution is 0.511. The molecule has 4 nitrogen and oxygen atoms in total. The third-order valence-corrected chi connectivity index (χ3v) is 8.51. The van der Waals surface area contributed by atoms with E-state index in [9.17, 15) is 4.39 Å². The van der Waals surface area contributed by atoms with Gasteiger partial charge in [0.1, 0.15) is 0 Å². The summed E-state index contributed by atoms with van der Waals surface area (Å²) in [5, 5.41) is 2.16. The predicted octanol–water partition coefficient (Wildman–Crippen LogP) is 10.5. The molecule has 6 heteroatoms. The minimum absolute atomic E-state index is 0.173. The summed E-state index contributed by atoms with van der Waals surface area (Å²) in [5.74, 6) is -0.244. The molecule has 0 aliphatic heterocycles. The van der Waals surface area contributed by atoms with Crippen molar-refractivity contribution in [3.8, 4) is 51.0 Å². The SMILES string of the molecule is Cc1ccc2c(c1)c1cc(C)ccc1n2-c1cc(-c2nc(-c3ccccc3)nc(-c3ccccc3)n2)ccc1-c1cccc(F)c1F. The Morgan fingerprint density at radius 3 is 1.55 bits per heavy atom. The predicted molar refractivity (Wildman–Crippen MR) is 185 cm³/mol. The number of aryl methyl sites for hydroxylation is 2. The molecule has 6 aromatic carbocycles. The second kappa shape index (κ2) is 11.4. The highest BCUT2D eigenvalue weighted by atomic mass is 19.2. The number of hydrogen-bond acceptors (Lipinski definition) is 3. The molecule has 0 saturated carbocycles. The molecule has 0 spiro atoms. The van der Waals surface area contributed by atoms with Crippen LogP contribution in [0.5, 0.6) is 0 Å². The van der Waals surface area contributed by atoms with Crippen LogP contribution in [-0.4, -0.2) is 19.5 Å². The molecule has 0 amide bonds. The molecule has 8 aromatic rings. The first-order chi connectivity index (χ1) is 22.9. The summed E-state index contributed by atoms with van der Waals surface area (Å²) >= 11 is 0. The maximum atomic E-state index is 15.5. The van der Waals surface area contributed by atoms with E-state index < -0.39 is 11.6 Å². The second-order valence-electron chi connectivity index (χ2n) is 11.7. The highest BCUT2D eigenvalue weighted by Crippen LogP contribution is 2.39. The van der Waals surface area contributed by atoms with Crippen LogP contribution in [-0.2, 0) is 0 Å². The summed E-state index contributed by atoms with van der Waals surface area (Å²) in [6, 6.07) is 42.2. The largest absolute Gasteiger partial charge is 0.309 e. The number of halogens is 2. The van der Waals surface area contributed by atoms with E-state index in [-0.39, 0.29) is 5.56 Å². The zero-order valence-electron chi connectivity index (χ0n) is 25.7. The summed E-state index contributed by atoms with van der Waals surface area (Å²) in [5.41, 5.74) is 8.02. The van der Waals surface area contributed by atoms with Gasteiger partial charge in [-0.15, -0.1) is 0 Å². The van der Waals surface area contributed by atoms with Gasteiger partial charge in [0.05, 0.1) is 16.7 Å². The van der Waals surface area contributed by atoms with Crippen molar-refractivity contribution in [1.29, 1.82) is 0 Å². The highest BCUT2D eigenvalue weighted by molar-refractivity contribution is 6.10. The Balaban J connectivity index is 1.44. The van der Waals surface area contributed by atoms with Crippen molar-refractivity contribution in [3.05, 3.63) is 156 Å². The molecule has 0 radical (unpaired) electrons. The molecule has 2 heterocycles. The van der Waals surface area contributed by atoms with Gasteiger partial charge in [0.25, 0.3) is 0 Å². The molecule has 8 rings (SSSR count). The van der Waals surface area contributed by atoms with Crippen LogP contribution in [0.1, 0.15) is 11.1 Å². The topological polar surface area (TPSA) is 43.6 Å². The fourth-order valence-electron chi connectivity index (χ4n) is 6.24. The molecule has 0 aliphatic carbocycles. The number of rotatable bonds is 5. The van der Waals surface area contributed by atoms with Crippen LogP contribution in [0.4, 0.5) is 8.78 Å². The van der Waals surface area contributed by atoms with E-state index in [1.807, 2.05) is 78.9 Å². The number of fused-ring (bicyclic) bond motifs is 3. The first kappa shape index (κ1) is 28.5. The normalized spacial score (nSPS) is 11.4. The lowest BCUT2D eigenvalue weighted by atomic mass is 9.99. The molecule has 0 atom stereocenters. The zero-order chi connectivity index (χ0) is 32.1. The maximum absolute atomic E-state index is 15.5. The van der Waals surface area contributed by atoms with Gasteiger partial charge in [-0.05, 0) is 50.2 Å². The Morgan fingerprint density at radius 2 is 1.00 bits per heavy atom. The Hall–Kier alpha value is -6.01. The molecule has 0 bridgehead atoms. The maximum Gasteiger partial charge on any atom is 0.166 e. The van der Waals surface area contributed by atoms with Crippen LogP contribution in [0.3, 0.4) is 0 Å². The fourth-order valence-corrected chi connectivity index (χ4v) is 6.24. The smallest absolute Gasteiger partial charge is 0.166 e. The first-order valence-electron chi connectivity index (χ1n) is 15.4. The monoisotopic (exact) mass is 614 g/mol. The molecular formula is C41H28F2N4. The van der Waals surface area contributed by atoms with Gasteiger partial charge < -0.3 is 4.57 Å². The van der Waals surface area contributed by atoms with Crippen LogP contribution in [0, 0.1) is 25.5 Å². The lowest BCUT2D eigenvalue weighted by Crippen LogP contribution is -2.03. The van der Waals surface area contributed by atoms with Crippen molar-refractivity contribution < 1.29 is 8.78 Å². The minimum atomic E-state index is -0.900. The molecule has 47 heavy (non-hydrogen) atoms. The van der Waals surface area contributed by atoms with Gasteiger partial charge in [-0.25, -0.2) is 23.7 Å². The first-order valence-corrected chi connectivity index (χ1v) is 15.4. The van der Waals surface area contributed by atoms with Gasteiger partial charge in [-0.1, -0.05) is 108 Å². The average Bonchev–Trinajstić information content (AvgIpc) is 3.42. The third kappa shape index (κ3) is 5.04. The third-order valence-electron chi connectivity index (χ3n) is 8.51. The van der Waals surface area contributed by atoms with E-state index in [1.165, 1.54) is 6.07 Å². The van der Waals surface area contributed by atoms with Gasteiger partial charge >= 0.3 is 0 Å². The Bertz CT molecular complexity index is 2330. The molecule has 0 unspecified atom stereocenters. The summed E-state index contributed by atoms with van der Waals surface area (Å²) in [7, 11) is 0. The molecule has 0 aliphatic rings. The van der Waals surface area contributed by atoms with Gasteiger partial charge in [-0.3, -0.25) is 0 Å². The molecule has 226 valence electrons. The van der Waals surface area contributed by atoms with Crippen LogP contribution in [0.2, 0.25) is 0 Å². The van der Waals surface area contributed by atoms with Crippen LogP contribution >= 0.6 is 0 Å². The van der Waals surface area contributed by atoms with Gasteiger partial charge in [-0.2, -0.15) is 0 Å². The van der Waals surface area contributed by atoms with Crippen molar-refractivity contribution >= 4 is 21.8 Å². The van der Waals surface area contributed by atoms with Crippen molar-refractivity contribution in [2.45, 2.75) is 13.8 Å². The molecular weight excluding hydrogens is 586 g/mol. The van der Waals surface area contributed by atoms with Gasteiger partial charge in [0.15, 0.2) is 29.1 Å². The number of aromatic nitrogens is 4. The van der Waals surface area contributed by atoms with Crippen LogP contribution in [0.25, 0.3) is 72.8 Å². The van der Waals surface area contributed by atoms with Crippen molar-refractivity contribution in [2.24, 2.45) is 0 Å². The zero-order valence-corrected chi connectivity index (χ0v) is 25.7. The Labute approximate surface area is 270 Å². The van der Waals surface area contributed by atoms with E-state index in [0.717, 1.165) is 50.1 Å². The van der Waals surface area contributed by atoms with E-state index in [1.54, 1.807) is 6.07 Å². The molecule has 0 N–H and O–H groups in total. The van der Waals surface area contributed by atoms with E-state index in [2.05, 4.69) is 54.8 Å². The van der Waals surface area contributed by atoms with Crippen molar-refractivity contribution in [2.75, 3.05) is 0 Å². The van der Waals surface area contributed by atoms with E-state index in [0.29, 0.717) is 34.3 Å². The Morgan fingerprint density at radius 1 is 0.468 bits per heavy atom. The number of nitrogens with zero attached hydrogens (tertiary/aromatic N) is 4. The summed E-state index contributed by atoms with van der Waals surface area (Å²) in [4.78, 5) is 14.7. The standard InChI is InChI=1S/C41H28F2N4/c1-25-16-20-35-32(22-25)33-23-26(2)17-21-36(33)47(35)37-24-29(18-19-30(37)31-14-9-15-34(42)38(31)43)41-45-39(27-10-5-3-6-11-27)44-40(46-41)28-12-7-4-8-13-28/h3-24H,1-2H3. The fraction of sp³-hybridized carbons (Fsp3) is 0.0488. The van der Waals surface area contributed by atoms with Crippen LogP contribution in [0.15, 0.2) is 133 Å². The number of hydrogen-bond donors (Lipinski definition) is 0. The quantitative estimate of drug-likeness (QED) is 0.194. The Kier molecular flexibility index (Phi) is 6.91. The molecule has 0 fully saturated rings. The highest BCUT2D eigenvalue weighted by Gasteiger charge is 2.21. The lowest BCUT2D eigenvalue weighted by Gasteiger charge is -2.17. The average molecular weight is 615 g/mol. The summed E-state index contributed by atoms with van der Waals surface area (Å²) < 4.78 is 32.3. The van der Waals surface area contributed by atoms with Crippen molar-refractivity contribution in [3.63, 3.8) is 0 Å². The van der Waals surface area contributed by atoms with E-state index >= 15 is 4.39 Å². The van der Waals surface area contributed by atoms with Gasteiger partial charge in [0.2, 0.25) is 0 Å². The van der Waals surface area contributed by atoms with Crippen LogP contribution < -0.4 is 0 Å². The number of benzene rings is 6. The summed E-state index contributed by atoms with van der Waals surface area (Å²) in [6.45, 7) is 4.14. The van der Waals surface area contributed by atoms with Crippen molar-refractivity contribution in [1.82, 2.24) is 19.5 Å².